The van der Waals surface area contributed by atoms with Crippen molar-refractivity contribution in [2.24, 2.45) is 0 Å². The highest BCUT2D eigenvalue weighted by Crippen LogP contribution is 2.31. The van der Waals surface area contributed by atoms with Gasteiger partial charge in [0.25, 0.3) is 0 Å². The van der Waals surface area contributed by atoms with Gasteiger partial charge in [0, 0.05) is 11.9 Å². The Balaban J connectivity index is 2.20. The first-order valence-electron chi connectivity index (χ1n) is 5.43. The first-order chi connectivity index (χ1) is 8.86. The molecule has 0 amide bonds. The molecule has 0 saturated carbocycles. The van der Waals surface area contributed by atoms with Crippen molar-refractivity contribution in [3.8, 4) is 0 Å². The molecule has 2 nitrogen and oxygen atoms in total. The molecule has 1 N–H and O–H groups in total. The first kappa shape index (κ1) is 13.9. The Labute approximate surface area is 116 Å². The van der Waals surface area contributed by atoms with Gasteiger partial charge in [0.2, 0.25) is 0 Å². The summed E-state index contributed by atoms with van der Waals surface area (Å²) in [6.45, 7) is 1.90. The van der Waals surface area contributed by atoms with Crippen LogP contribution in [-0.4, -0.2) is 4.98 Å². The Morgan fingerprint density at radius 1 is 1.16 bits per heavy atom. The number of halogens is 4. The van der Waals surface area contributed by atoms with Crippen LogP contribution in [0.4, 0.5) is 24.7 Å². The van der Waals surface area contributed by atoms with Crippen LogP contribution < -0.4 is 5.32 Å². The van der Waals surface area contributed by atoms with Gasteiger partial charge in [-0.05, 0) is 58.7 Å². The maximum Gasteiger partial charge on any atom is 0.416 e. The molecule has 2 rings (SSSR count). The van der Waals surface area contributed by atoms with E-state index in [-0.39, 0.29) is 0 Å². The van der Waals surface area contributed by atoms with Crippen LogP contribution in [0.15, 0.2) is 41.0 Å². The third-order valence-electron chi connectivity index (χ3n) is 2.45. The normalized spacial score (nSPS) is 11.4. The summed E-state index contributed by atoms with van der Waals surface area (Å²) in [7, 11) is 0. The Hall–Kier alpha value is -1.56. The van der Waals surface area contributed by atoms with Crippen molar-refractivity contribution in [3.63, 3.8) is 0 Å². The lowest BCUT2D eigenvalue weighted by Crippen LogP contribution is -2.04. The zero-order valence-electron chi connectivity index (χ0n) is 9.92. The Bertz CT molecular complexity index is 579. The molecule has 2 aromatic rings. The van der Waals surface area contributed by atoms with E-state index in [0.717, 1.165) is 22.2 Å². The quantitative estimate of drug-likeness (QED) is 0.845. The summed E-state index contributed by atoms with van der Waals surface area (Å²) >= 11 is 3.35. The second kappa shape index (κ2) is 5.21. The molecule has 1 aromatic heterocycles. The lowest BCUT2D eigenvalue weighted by Gasteiger charge is -2.10. The largest absolute Gasteiger partial charge is 0.416 e. The lowest BCUT2D eigenvalue weighted by atomic mass is 10.2. The average Bonchev–Trinajstić information content (AvgIpc) is 2.32. The molecule has 1 heterocycles. The van der Waals surface area contributed by atoms with Gasteiger partial charge in [-0.3, -0.25) is 0 Å². The number of hydrogen-bond donors (Lipinski definition) is 1. The minimum absolute atomic E-state index is 0.546. The van der Waals surface area contributed by atoms with Gasteiger partial charge in [0.05, 0.1) is 10.0 Å². The Kier molecular flexibility index (Phi) is 3.80. The van der Waals surface area contributed by atoms with Crippen molar-refractivity contribution < 1.29 is 13.2 Å². The van der Waals surface area contributed by atoms with Crippen molar-refractivity contribution in [2.75, 3.05) is 5.32 Å². The van der Waals surface area contributed by atoms with Crippen molar-refractivity contribution in [1.29, 1.82) is 0 Å². The van der Waals surface area contributed by atoms with E-state index in [0.29, 0.717) is 11.5 Å². The highest BCUT2D eigenvalue weighted by Gasteiger charge is 2.29. The maximum absolute atomic E-state index is 12.4. The molecule has 0 unspecified atom stereocenters. The number of aryl methyl sites for hydroxylation is 1. The van der Waals surface area contributed by atoms with E-state index < -0.39 is 11.7 Å². The first-order valence-corrected chi connectivity index (χ1v) is 6.22. The number of benzene rings is 1. The third-order valence-corrected chi connectivity index (χ3v) is 3.06. The third kappa shape index (κ3) is 3.47. The number of rotatable bonds is 2. The van der Waals surface area contributed by atoms with Crippen LogP contribution in [0.25, 0.3) is 0 Å². The molecular formula is C13H10BrF3N2. The summed E-state index contributed by atoms with van der Waals surface area (Å²) in [5.41, 5.74) is 0.865. The topological polar surface area (TPSA) is 24.9 Å². The fourth-order valence-electron chi connectivity index (χ4n) is 1.50. The van der Waals surface area contributed by atoms with E-state index in [2.05, 4.69) is 26.2 Å². The second-order valence-corrected chi connectivity index (χ2v) is 4.90. The summed E-state index contributed by atoms with van der Waals surface area (Å²) in [5, 5.41) is 2.95. The molecule has 6 heteroatoms. The summed E-state index contributed by atoms with van der Waals surface area (Å²) in [6.07, 6.45) is -2.64. The van der Waals surface area contributed by atoms with E-state index >= 15 is 0 Å². The van der Waals surface area contributed by atoms with Crippen LogP contribution in [0.1, 0.15) is 11.1 Å². The smallest absolute Gasteiger partial charge is 0.339 e. The number of hydrogen-bond acceptors (Lipinski definition) is 2. The highest BCUT2D eigenvalue weighted by atomic mass is 79.9. The second-order valence-electron chi connectivity index (χ2n) is 4.04. The average molecular weight is 331 g/mol. The maximum atomic E-state index is 12.4. The van der Waals surface area contributed by atoms with Crippen LogP contribution in [0.5, 0.6) is 0 Å². The monoisotopic (exact) mass is 330 g/mol. The fourth-order valence-corrected chi connectivity index (χ4v) is 2.07. The Morgan fingerprint density at radius 3 is 2.32 bits per heavy atom. The van der Waals surface area contributed by atoms with Gasteiger partial charge in [0.15, 0.2) is 0 Å². The predicted molar refractivity (Wildman–Crippen MR) is 71.4 cm³/mol. The summed E-state index contributed by atoms with van der Waals surface area (Å²) in [5.74, 6) is 0.561. The number of alkyl halides is 3. The van der Waals surface area contributed by atoms with Crippen molar-refractivity contribution >= 4 is 27.4 Å². The zero-order valence-corrected chi connectivity index (χ0v) is 11.5. The molecule has 1 aromatic carbocycles. The molecule has 0 radical (unpaired) electrons. The molecule has 0 bridgehead atoms. The van der Waals surface area contributed by atoms with Crippen molar-refractivity contribution in [1.82, 2.24) is 4.98 Å². The molecule has 0 saturated heterocycles. The number of anilines is 2. The number of nitrogens with one attached hydrogen (secondary N) is 1. The minimum atomic E-state index is -4.32. The minimum Gasteiger partial charge on any atom is -0.339 e. The molecule has 0 aliphatic rings. The van der Waals surface area contributed by atoms with Gasteiger partial charge >= 0.3 is 6.18 Å². The van der Waals surface area contributed by atoms with Crippen LogP contribution in [0.2, 0.25) is 0 Å². The molecule has 0 atom stereocenters. The van der Waals surface area contributed by atoms with Gasteiger partial charge in [-0.25, -0.2) is 4.98 Å². The van der Waals surface area contributed by atoms with Crippen LogP contribution in [0.3, 0.4) is 0 Å². The molecule has 0 aliphatic heterocycles. The lowest BCUT2D eigenvalue weighted by molar-refractivity contribution is -0.137. The standard InChI is InChI=1S/C13H10BrF3N2/c1-8-6-11(14)12(18-7-8)19-10-4-2-9(3-5-10)13(15,16)17/h2-7H,1H3,(H,18,19). The van der Waals surface area contributed by atoms with Gasteiger partial charge < -0.3 is 5.32 Å². The highest BCUT2D eigenvalue weighted by molar-refractivity contribution is 9.10. The summed E-state index contributed by atoms with van der Waals surface area (Å²) in [6, 6.07) is 6.68. The van der Waals surface area contributed by atoms with Gasteiger partial charge in [-0.15, -0.1) is 0 Å². The van der Waals surface area contributed by atoms with E-state index in [1.807, 2.05) is 13.0 Å². The van der Waals surface area contributed by atoms with Gasteiger partial charge in [0.1, 0.15) is 5.82 Å². The molecule has 19 heavy (non-hydrogen) atoms. The van der Waals surface area contributed by atoms with E-state index in [1.165, 1.54) is 12.1 Å². The number of nitrogens with zero attached hydrogens (tertiary/aromatic N) is 1. The van der Waals surface area contributed by atoms with E-state index in [4.69, 9.17) is 0 Å². The van der Waals surface area contributed by atoms with Crippen molar-refractivity contribution in [2.45, 2.75) is 13.1 Å². The fraction of sp³-hybridized carbons (Fsp3) is 0.154. The zero-order chi connectivity index (χ0) is 14.0. The molecular weight excluding hydrogens is 321 g/mol. The van der Waals surface area contributed by atoms with Gasteiger partial charge in [-0.2, -0.15) is 13.2 Å². The Morgan fingerprint density at radius 2 is 1.79 bits per heavy atom. The molecule has 100 valence electrons. The van der Waals surface area contributed by atoms with Crippen LogP contribution in [-0.2, 0) is 6.18 Å². The molecule has 0 fully saturated rings. The number of aromatic nitrogens is 1. The van der Waals surface area contributed by atoms with Crippen LogP contribution >= 0.6 is 15.9 Å². The van der Waals surface area contributed by atoms with E-state index in [9.17, 15) is 13.2 Å². The number of pyridine rings is 1. The summed E-state index contributed by atoms with van der Waals surface area (Å²) in [4.78, 5) is 4.16. The van der Waals surface area contributed by atoms with E-state index in [1.54, 1.807) is 6.20 Å². The predicted octanol–water partition coefficient (Wildman–Crippen LogP) is 4.91. The SMILES string of the molecule is Cc1cnc(Nc2ccc(C(F)(F)F)cc2)c(Br)c1. The summed E-state index contributed by atoms with van der Waals surface area (Å²) < 4.78 is 38.0. The molecule has 0 aliphatic carbocycles. The molecule has 0 spiro atoms. The van der Waals surface area contributed by atoms with Gasteiger partial charge in [-0.1, -0.05) is 0 Å². The van der Waals surface area contributed by atoms with Crippen LogP contribution in [0, 0.1) is 6.92 Å². The van der Waals surface area contributed by atoms with Crippen molar-refractivity contribution in [3.05, 3.63) is 52.1 Å².